The number of carbonyl (C=O) groups excluding carboxylic acids is 2. The summed E-state index contributed by atoms with van der Waals surface area (Å²) in [6.07, 6.45) is 1.29. The van der Waals surface area contributed by atoms with Crippen molar-refractivity contribution in [2.75, 3.05) is 11.9 Å². The maximum atomic E-state index is 13.0. The first-order chi connectivity index (χ1) is 14.2. The second-order valence-electron chi connectivity index (χ2n) is 7.36. The standard InChI is InChI=1S/C21H22FN3O4S/c1-11(2)9-29-21(28)17-12(3)16-19(30-17)23-10-25(20(16)27)13(4)18(26)24-15-7-5-14(22)6-8-15/h5-8,10-11,13H,9H2,1-4H3,(H,24,26)/t13-/m0/s1. The van der Waals surface area contributed by atoms with Crippen molar-refractivity contribution in [3.63, 3.8) is 0 Å². The summed E-state index contributed by atoms with van der Waals surface area (Å²) in [5.41, 5.74) is 0.484. The molecule has 0 saturated carbocycles. The number of thiophene rings is 1. The van der Waals surface area contributed by atoms with Crippen LogP contribution in [0.25, 0.3) is 10.2 Å². The number of ether oxygens (including phenoxy) is 1. The van der Waals surface area contributed by atoms with Gasteiger partial charge in [-0.15, -0.1) is 11.3 Å². The van der Waals surface area contributed by atoms with Crippen molar-refractivity contribution in [1.29, 1.82) is 0 Å². The summed E-state index contributed by atoms with van der Waals surface area (Å²) in [5.74, 6) is -1.16. The number of nitrogens with one attached hydrogen (secondary N) is 1. The summed E-state index contributed by atoms with van der Waals surface area (Å²) < 4.78 is 19.5. The second kappa shape index (κ2) is 8.74. The number of aryl methyl sites for hydroxylation is 1. The van der Waals surface area contributed by atoms with Crippen LogP contribution in [0.1, 0.15) is 42.0 Å². The Morgan fingerprint density at radius 3 is 2.53 bits per heavy atom. The third-order valence-electron chi connectivity index (χ3n) is 4.52. The highest BCUT2D eigenvalue weighted by Crippen LogP contribution is 2.28. The van der Waals surface area contributed by atoms with E-state index in [4.69, 9.17) is 4.74 Å². The van der Waals surface area contributed by atoms with Crippen LogP contribution in [0.5, 0.6) is 0 Å². The number of esters is 1. The third-order valence-corrected chi connectivity index (χ3v) is 5.70. The summed E-state index contributed by atoms with van der Waals surface area (Å²) in [6, 6.07) is 4.46. The van der Waals surface area contributed by atoms with Crippen molar-refractivity contribution in [2.24, 2.45) is 5.92 Å². The number of rotatable bonds is 6. The molecule has 3 rings (SSSR count). The molecule has 0 spiro atoms. The minimum atomic E-state index is -0.866. The van der Waals surface area contributed by atoms with Gasteiger partial charge in [0, 0.05) is 5.69 Å². The first-order valence-corrected chi connectivity index (χ1v) is 10.2. The van der Waals surface area contributed by atoms with Crippen molar-refractivity contribution in [2.45, 2.75) is 33.7 Å². The maximum absolute atomic E-state index is 13.0. The fourth-order valence-corrected chi connectivity index (χ4v) is 3.86. The van der Waals surface area contributed by atoms with Crippen LogP contribution in [0.4, 0.5) is 10.1 Å². The van der Waals surface area contributed by atoms with E-state index in [0.717, 1.165) is 11.3 Å². The molecule has 0 aliphatic carbocycles. The Hall–Kier alpha value is -3.07. The van der Waals surface area contributed by atoms with Crippen molar-refractivity contribution in [1.82, 2.24) is 9.55 Å². The van der Waals surface area contributed by atoms with Gasteiger partial charge in [-0.1, -0.05) is 13.8 Å². The molecule has 2 heterocycles. The molecule has 0 saturated heterocycles. The average Bonchev–Trinajstić information content (AvgIpc) is 3.05. The Bertz CT molecular complexity index is 1150. The molecule has 2 aromatic heterocycles. The number of hydrogen-bond acceptors (Lipinski definition) is 6. The SMILES string of the molecule is Cc1c(C(=O)OCC(C)C)sc2ncn([C@@H](C)C(=O)Nc3ccc(F)cc3)c(=O)c12. The van der Waals surface area contributed by atoms with Crippen molar-refractivity contribution >= 4 is 39.1 Å². The Morgan fingerprint density at radius 2 is 1.90 bits per heavy atom. The highest BCUT2D eigenvalue weighted by Gasteiger charge is 2.23. The molecule has 1 atom stereocenters. The fraction of sp³-hybridized carbons (Fsp3) is 0.333. The van der Waals surface area contributed by atoms with E-state index in [9.17, 15) is 18.8 Å². The van der Waals surface area contributed by atoms with E-state index in [-0.39, 0.29) is 12.5 Å². The van der Waals surface area contributed by atoms with Gasteiger partial charge in [-0.05, 0) is 49.6 Å². The van der Waals surface area contributed by atoms with E-state index < -0.39 is 29.3 Å². The molecule has 0 aliphatic rings. The van der Waals surface area contributed by atoms with Crippen LogP contribution in [0.2, 0.25) is 0 Å². The largest absolute Gasteiger partial charge is 0.461 e. The molecule has 158 valence electrons. The number of nitrogens with zero attached hydrogens (tertiary/aromatic N) is 2. The molecule has 30 heavy (non-hydrogen) atoms. The average molecular weight is 431 g/mol. The Kier molecular flexibility index (Phi) is 6.31. The molecule has 0 fully saturated rings. The number of hydrogen-bond donors (Lipinski definition) is 1. The predicted molar refractivity (Wildman–Crippen MR) is 113 cm³/mol. The predicted octanol–water partition coefficient (Wildman–Crippen LogP) is 3.92. The van der Waals surface area contributed by atoms with Gasteiger partial charge in [0.05, 0.1) is 18.3 Å². The van der Waals surface area contributed by atoms with Crippen LogP contribution in [0.15, 0.2) is 35.4 Å². The van der Waals surface area contributed by atoms with Gasteiger partial charge in [0.15, 0.2) is 0 Å². The summed E-state index contributed by atoms with van der Waals surface area (Å²) in [6.45, 7) is 7.38. The van der Waals surface area contributed by atoms with Gasteiger partial charge in [-0.25, -0.2) is 14.2 Å². The summed E-state index contributed by atoms with van der Waals surface area (Å²) >= 11 is 1.10. The first kappa shape index (κ1) is 21.6. The first-order valence-electron chi connectivity index (χ1n) is 9.42. The van der Waals surface area contributed by atoms with Crippen molar-refractivity contribution < 1.29 is 18.7 Å². The number of carbonyl (C=O) groups is 2. The molecule has 1 N–H and O–H groups in total. The van der Waals surface area contributed by atoms with E-state index in [2.05, 4.69) is 10.3 Å². The van der Waals surface area contributed by atoms with E-state index >= 15 is 0 Å². The van der Waals surface area contributed by atoms with Gasteiger partial charge < -0.3 is 10.1 Å². The topological polar surface area (TPSA) is 90.3 Å². The lowest BCUT2D eigenvalue weighted by Gasteiger charge is -2.15. The van der Waals surface area contributed by atoms with Crippen LogP contribution in [-0.4, -0.2) is 28.0 Å². The highest BCUT2D eigenvalue weighted by molar-refractivity contribution is 7.20. The number of anilines is 1. The minimum Gasteiger partial charge on any atom is -0.461 e. The monoisotopic (exact) mass is 431 g/mol. The van der Waals surface area contributed by atoms with Gasteiger partial charge in [-0.3, -0.25) is 14.2 Å². The molecule has 9 heteroatoms. The van der Waals surface area contributed by atoms with Crippen LogP contribution in [-0.2, 0) is 9.53 Å². The normalized spacial score (nSPS) is 12.2. The zero-order chi connectivity index (χ0) is 22.0. The van der Waals surface area contributed by atoms with Gasteiger partial charge in [0.1, 0.15) is 21.6 Å². The van der Waals surface area contributed by atoms with Gasteiger partial charge >= 0.3 is 5.97 Å². The zero-order valence-electron chi connectivity index (χ0n) is 17.1. The Balaban J connectivity index is 1.89. The zero-order valence-corrected chi connectivity index (χ0v) is 17.9. The summed E-state index contributed by atoms with van der Waals surface area (Å²) in [5, 5.41) is 2.94. The lowest BCUT2D eigenvalue weighted by Crippen LogP contribution is -2.31. The van der Waals surface area contributed by atoms with Crippen molar-refractivity contribution in [3.8, 4) is 0 Å². The van der Waals surface area contributed by atoms with Gasteiger partial charge in [0.25, 0.3) is 5.56 Å². The number of fused-ring (bicyclic) bond motifs is 1. The third kappa shape index (κ3) is 4.40. The molecule has 0 unspecified atom stereocenters. The molecular formula is C21H22FN3O4S. The van der Waals surface area contributed by atoms with Crippen LogP contribution < -0.4 is 10.9 Å². The summed E-state index contributed by atoms with van der Waals surface area (Å²) in [4.78, 5) is 43.0. The second-order valence-corrected chi connectivity index (χ2v) is 8.36. The Labute approximate surface area is 176 Å². The Morgan fingerprint density at radius 1 is 1.23 bits per heavy atom. The molecule has 0 radical (unpaired) electrons. The minimum absolute atomic E-state index is 0.194. The summed E-state index contributed by atoms with van der Waals surface area (Å²) in [7, 11) is 0. The molecule has 3 aromatic rings. The highest BCUT2D eigenvalue weighted by atomic mass is 32.1. The van der Waals surface area contributed by atoms with E-state index in [0.29, 0.717) is 26.3 Å². The lowest BCUT2D eigenvalue weighted by molar-refractivity contribution is -0.118. The number of halogens is 1. The van der Waals surface area contributed by atoms with E-state index in [1.165, 1.54) is 35.2 Å². The number of benzene rings is 1. The van der Waals surface area contributed by atoms with Crippen LogP contribution >= 0.6 is 11.3 Å². The van der Waals surface area contributed by atoms with Crippen LogP contribution in [0, 0.1) is 18.7 Å². The molecule has 0 aliphatic heterocycles. The number of amides is 1. The number of aromatic nitrogens is 2. The van der Waals surface area contributed by atoms with E-state index in [1.807, 2.05) is 13.8 Å². The molecular weight excluding hydrogens is 409 g/mol. The maximum Gasteiger partial charge on any atom is 0.348 e. The molecule has 7 nitrogen and oxygen atoms in total. The van der Waals surface area contributed by atoms with Crippen molar-refractivity contribution in [3.05, 3.63) is 57.2 Å². The van der Waals surface area contributed by atoms with E-state index in [1.54, 1.807) is 13.8 Å². The lowest BCUT2D eigenvalue weighted by atomic mass is 10.2. The van der Waals surface area contributed by atoms with Gasteiger partial charge in [0.2, 0.25) is 5.91 Å². The quantitative estimate of drug-likeness (QED) is 0.598. The smallest absolute Gasteiger partial charge is 0.348 e. The van der Waals surface area contributed by atoms with Gasteiger partial charge in [-0.2, -0.15) is 0 Å². The molecule has 1 aromatic carbocycles. The fourth-order valence-electron chi connectivity index (χ4n) is 2.82. The molecule has 0 bridgehead atoms. The molecule has 1 amide bonds. The van der Waals surface area contributed by atoms with Crippen LogP contribution in [0.3, 0.4) is 0 Å².